The molecule has 3 amide bonds. The van der Waals surface area contributed by atoms with Crippen LogP contribution in [0.2, 0.25) is 0 Å². The molecule has 0 fully saturated rings. The van der Waals surface area contributed by atoms with Gasteiger partial charge in [0, 0.05) is 17.4 Å². The van der Waals surface area contributed by atoms with Gasteiger partial charge in [0.15, 0.2) is 0 Å². The normalized spacial score (nSPS) is 12.7. The highest BCUT2D eigenvalue weighted by Gasteiger charge is 2.37. The van der Waals surface area contributed by atoms with Crippen molar-refractivity contribution in [2.24, 2.45) is 0 Å². The molecule has 3 aromatic rings. The van der Waals surface area contributed by atoms with Gasteiger partial charge in [-0.2, -0.15) is 0 Å². The standard InChI is InChI=1S/C21H15N3O4/c1-28-16-10-6-14(7-11-16)23-19(25)13-4-8-15(9-5-13)24-20(26)17-3-2-12-22-18(17)21(24)27/h2-12H,1H3,(H,23,25). The minimum atomic E-state index is -0.476. The Balaban J connectivity index is 1.52. The van der Waals surface area contributed by atoms with Crippen LogP contribution in [0.15, 0.2) is 66.9 Å². The number of amides is 3. The molecule has 138 valence electrons. The number of imide groups is 1. The maximum atomic E-state index is 12.5. The highest BCUT2D eigenvalue weighted by molar-refractivity contribution is 6.33. The molecule has 0 saturated carbocycles. The van der Waals surface area contributed by atoms with Gasteiger partial charge in [-0.3, -0.25) is 19.4 Å². The average Bonchev–Trinajstić information content (AvgIpc) is 2.99. The minimum Gasteiger partial charge on any atom is -0.497 e. The highest BCUT2D eigenvalue weighted by atomic mass is 16.5. The van der Waals surface area contributed by atoms with E-state index in [9.17, 15) is 14.4 Å². The number of fused-ring (bicyclic) bond motifs is 1. The molecular weight excluding hydrogens is 358 g/mol. The molecule has 7 nitrogen and oxygen atoms in total. The van der Waals surface area contributed by atoms with E-state index in [1.165, 1.54) is 6.20 Å². The zero-order valence-corrected chi connectivity index (χ0v) is 14.9. The van der Waals surface area contributed by atoms with Gasteiger partial charge in [-0.25, -0.2) is 4.90 Å². The van der Waals surface area contributed by atoms with Gasteiger partial charge in [0.05, 0.1) is 18.4 Å². The molecular formula is C21H15N3O4. The van der Waals surface area contributed by atoms with Gasteiger partial charge in [-0.1, -0.05) is 0 Å². The Labute approximate surface area is 160 Å². The minimum absolute atomic E-state index is 0.133. The van der Waals surface area contributed by atoms with Gasteiger partial charge in [-0.15, -0.1) is 0 Å². The molecule has 2 heterocycles. The zero-order chi connectivity index (χ0) is 19.7. The second-order valence-electron chi connectivity index (χ2n) is 6.07. The lowest BCUT2D eigenvalue weighted by molar-refractivity contribution is 0.0924. The second kappa shape index (κ2) is 6.96. The number of benzene rings is 2. The fourth-order valence-corrected chi connectivity index (χ4v) is 2.94. The molecule has 0 radical (unpaired) electrons. The molecule has 0 atom stereocenters. The fraction of sp³-hybridized carbons (Fsp3) is 0.0476. The summed E-state index contributed by atoms with van der Waals surface area (Å²) in [6.45, 7) is 0. The Hall–Kier alpha value is -4.00. The largest absolute Gasteiger partial charge is 0.497 e. The molecule has 1 aliphatic heterocycles. The Morgan fingerprint density at radius 3 is 2.32 bits per heavy atom. The molecule has 0 aliphatic carbocycles. The lowest BCUT2D eigenvalue weighted by Gasteiger charge is -2.14. The first-order valence-electron chi connectivity index (χ1n) is 8.48. The van der Waals surface area contributed by atoms with Crippen LogP contribution < -0.4 is 15.0 Å². The van der Waals surface area contributed by atoms with Gasteiger partial charge in [0.2, 0.25) is 0 Å². The van der Waals surface area contributed by atoms with Gasteiger partial charge in [-0.05, 0) is 60.7 Å². The van der Waals surface area contributed by atoms with Gasteiger partial charge in [0.1, 0.15) is 11.4 Å². The number of aromatic nitrogens is 1. The number of carbonyl (C=O) groups is 3. The van der Waals surface area contributed by atoms with Crippen LogP contribution in [0.5, 0.6) is 5.75 Å². The number of pyridine rings is 1. The first-order valence-corrected chi connectivity index (χ1v) is 8.48. The van der Waals surface area contributed by atoms with Crippen molar-refractivity contribution in [1.82, 2.24) is 4.98 Å². The maximum absolute atomic E-state index is 12.5. The number of hydrogen-bond acceptors (Lipinski definition) is 5. The van der Waals surface area contributed by atoms with E-state index in [1.807, 2.05) is 0 Å². The number of nitrogens with zero attached hydrogens (tertiary/aromatic N) is 2. The van der Waals surface area contributed by atoms with Crippen molar-refractivity contribution in [1.29, 1.82) is 0 Å². The summed E-state index contributed by atoms with van der Waals surface area (Å²) in [5, 5.41) is 2.78. The molecule has 28 heavy (non-hydrogen) atoms. The Kier molecular flexibility index (Phi) is 4.33. The molecule has 0 unspecified atom stereocenters. The Morgan fingerprint density at radius 2 is 1.68 bits per heavy atom. The van der Waals surface area contributed by atoms with Crippen LogP contribution in [0.4, 0.5) is 11.4 Å². The molecule has 0 saturated heterocycles. The number of rotatable bonds is 4. The van der Waals surface area contributed by atoms with E-state index in [0.29, 0.717) is 22.7 Å². The van der Waals surface area contributed by atoms with Gasteiger partial charge < -0.3 is 10.1 Å². The van der Waals surface area contributed by atoms with Gasteiger partial charge >= 0.3 is 0 Å². The van der Waals surface area contributed by atoms with E-state index in [0.717, 1.165) is 4.90 Å². The average molecular weight is 373 g/mol. The molecule has 2 aromatic carbocycles. The van der Waals surface area contributed by atoms with Crippen molar-refractivity contribution in [3.05, 3.63) is 83.7 Å². The third-order valence-electron chi connectivity index (χ3n) is 4.38. The molecule has 0 spiro atoms. The number of nitrogens with one attached hydrogen (secondary N) is 1. The van der Waals surface area contributed by atoms with E-state index < -0.39 is 11.8 Å². The van der Waals surface area contributed by atoms with E-state index in [2.05, 4.69) is 10.3 Å². The first kappa shape index (κ1) is 17.4. The maximum Gasteiger partial charge on any atom is 0.284 e. The number of hydrogen-bond donors (Lipinski definition) is 1. The zero-order valence-electron chi connectivity index (χ0n) is 14.9. The van der Waals surface area contributed by atoms with Crippen LogP contribution >= 0.6 is 0 Å². The Bertz CT molecular complexity index is 1040. The van der Waals surface area contributed by atoms with E-state index in [-0.39, 0.29) is 17.2 Å². The number of ether oxygens (including phenoxy) is 1. The smallest absolute Gasteiger partial charge is 0.284 e. The third kappa shape index (κ3) is 2.99. The van der Waals surface area contributed by atoms with Gasteiger partial charge in [0.25, 0.3) is 17.7 Å². The number of carbonyl (C=O) groups excluding carboxylic acids is 3. The van der Waals surface area contributed by atoms with E-state index in [1.54, 1.807) is 67.8 Å². The van der Waals surface area contributed by atoms with Crippen molar-refractivity contribution in [2.45, 2.75) is 0 Å². The molecule has 4 rings (SSSR count). The molecule has 1 aliphatic rings. The first-order chi connectivity index (χ1) is 13.6. The molecule has 1 N–H and O–H groups in total. The van der Waals surface area contributed by atoms with Crippen LogP contribution in [0.1, 0.15) is 31.2 Å². The van der Waals surface area contributed by atoms with Crippen LogP contribution in [0, 0.1) is 0 Å². The quantitative estimate of drug-likeness (QED) is 0.710. The topological polar surface area (TPSA) is 88.6 Å². The Morgan fingerprint density at radius 1 is 0.964 bits per heavy atom. The van der Waals surface area contributed by atoms with Crippen molar-refractivity contribution in [3.63, 3.8) is 0 Å². The third-order valence-corrected chi connectivity index (χ3v) is 4.38. The summed E-state index contributed by atoms with van der Waals surface area (Å²) in [5.74, 6) is -0.516. The van der Waals surface area contributed by atoms with Crippen molar-refractivity contribution >= 4 is 29.1 Å². The molecule has 1 aromatic heterocycles. The summed E-state index contributed by atoms with van der Waals surface area (Å²) >= 11 is 0. The lowest BCUT2D eigenvalue weighted by Crippen LogP contribution is -2.29. The number of methoxy groups -OCH3 is 1. The summed E-state index contributed by atoms with van der Waals surface area (Å²) in [4.78, 5) is 42.4. The van der Waals surface area contributed by atoms with Crippen molar-refractivity contribution in [2.75, 3.05) is 17.3 Å². The summed E-state index contributed by atoms with van der Waals surface area (Å²) in [7, 11) is 1.57. The van der Waals surface area contributed by atoms with Crippen LogP contribution in [0.25, 0.3) is 0 Å². The SMILES string of the molecule is COc1ccc(NC(=O)c2ccc(N3C(=O)c4cccnc4C3=O)cc2)cc1. The van der Waals surface area contributed by atoms with Crippen molar-refractivity contribution in [3.8, 4) is 5.75 Å². The molecule has 7 heteroatoms. The predicted molar refractivity (Wildman–Crippen MR) is 103 cm³/mol. The summed E-state index contributed by atoms with van der Waals surface area (Å²) in [6, 6.07) is 16.4. The van der Waals surface area contributed by atoms with Crippen molar-refractivity contribution < 1.29 is 19.1 Å². The summed E-state index contributed by atoms with van der Waals surface area (Å²) in [5.41, 5.74) is 1.81. The molecule has 0 bridgehead atoms. The van der Waals surface area contributed by atoms with Crippen LogP contribution in [0.3, 0.4) is 0 Å². The predicted octanol–water partition coefficient (Wildman–Crippen LogP) is 3.14. The highest BCUT2D eigenvalue weighted by Crippen LogP contribution is 2.27. The second-order valence-corrected chi connectivity index (χ2v) is 6.07. The van der Waals surface area contributed by atoms with E-state index >= 15 is 0 Å². The van der Waals surface area contributed by atoms with E-state index in [4.69, 9.17) is 4.74 Å². The van der Waals surface area contributed by atoms with Crippen LogP contribution in [-0.2, 0) is 0 Å². The summed E-state index contributed by atoms with van der Waals surface area (Å²) < 4.78 is 5.08. The lowest BCUT2D eigenvalue weighted by atomic mass is 10.1. The summed E-state index contributed by atoms with van der Waals surface area (Å²) in [6.07, 6.45) is 1.47. The van der Waals surface area contributed by atoms with Crippen LogP contribution in [-0.4, -0.2) is 29.8 Å². The fourth-order valence-electron chi connectivity index (χ4n) is 2.94. The number of anilines is 2. The monoisotopic (exact) mass is 373 g/mol.